The second kappa shape index (κ2) is 7.90. The standard InChI is InChI=1S/C16H26N4O3/c17-16(21)15-9-14(18-19-15)12-3-1-5-20(10-12)6-8-22-11-13-4-2-7-23-13/h9,12-13H,1-8,10-11H2,(H2,17,21)(H,18,19)/t12-,13-/m1/s1. The molecule has 0 unspecified atom stereocenters. The van der Waals surface area contributed by atoms with E-state index >= 15 is 0 Å². The molecule has 0 aliphatic carbocycles. The number of carbonyl (C=O) groups excluding carboxylic acids is 1. The maximum absolute atomic E-state index is 11.1. The van der Waals surface area contributed by atoms with E-state index in [1.54, 1.807) is 6.07 Å². The Morgan fingerprint density at radius 3 is 3.13 bits per heavy atom. The van der Waals surface area contributed by atoms with Gasteiger partial charge in [-0.3, -0.25) is 9.89 Å². The molecular formula is C16H26N4O3. The Morgan fingerprint density at radius 2 is 2.39 bits per heavy atom. The minimum absolute atomic E-state index is 0.293. The summed E-state index contributed by atoms with van der Waals surface area (Å²) < 4.78 is 11.3. The van der Waals surface area contributed by atoms with Gasteiger partial charge in [-0.25, -0.2) is 0 Å². The van der Waals surface area contributed by atoms with E-state index in [0.29, 0.717) is 24.3 Å². The number of primary amides is 1. The molecule has 128 valence electrons. The predicted molar refractivity (Wildman–Crippen MR) is 85.3 cm³/mol. The molecule has 3 rings (SSSR count). The van der Waals surface area contributed by atoms with Crippen LogP contribution < -0.4 is 5.73 Å². The third-order valence-electron chi connectivity index (χ3n) is 4.68. The molecule has 2 atom stereocenters. The quantitative estimate of drug-likeness (QED) is 0.727. The van der Waals surface area contributed by atoms with E-state index in [-0.39, 0.29) is 0 Å². The molecule has 1 aromatic heterocycles. The number of carbonyl (C=O) groups is 1. The highest BCUT2D eigenvalue weighted by Gasteiger charge is 2.23. The van der Waals surface area contributed by atoms with Gasteiger partial charge < -0.3 is 20.1 Å². The molecule has 3 heterocycles. The lowest BCUT2D eigenvalue weighted by Crippen LogP contribution is -2.37. The number of hydrogen-bond acceptors (Lipinski definition) is 5. The normalized spacial score (nSPS) is 25.7. The lowest BCUT2D eigenvalue weighted by atomic mass is 9.94. The van der Waals surface area contributed by atoms with Gasteiger partial charge in [0.2, 0.25) is 0 Å². The fraction of sp³-hybridized carbons (Fsp3) is 0.750. The van der Waals surface area contributed by atoms with Gasteiger partial charge in [0.05, 0.1) is 19.3 Å². The van der Waals surface area contributed by atoms with Gasteiger partial charge in [-0.2, -0.15) is 5.10 Å². The van der Waals surface area contributed by atoms with Crippen LogP contribution >= 0.6 is 0 Å². The molecule has 2 aliphatic rings. The van der Waals surface area contributed by atoms with Crippen molar-refractivity contribution in [2.45, 2.75) is 37.7 Å². The Kier molecular flexibility index (Phi) is 5.64. The Balaban J connectivity index is 1.41. The molecule has 0 radical (unpaired) electrons. The summed E-state index contributed by atoms with van der Waals surface area (Å²) in [6.45, 7) is 5.31. The number of nitrogens with zero attached hydrogens (tertiary/aromatic N) is 2. The maximum Gasteiger partial charge on any atom is 0.269 e. The highest BCUT2D eigenvalue weighted by molar-refractivity contribution is 5.90. The van der Waals surface area contributed by atoms with Crippen LogP contribution in [0.15, 0.2) is 6.07 Å². The summed E-state index contributed by atoms with van der Waals surface area (Å²) in [4.78, 5) is 13.6. The molecular weight excluding hydrogens is 296 g/mol. The topological polar surface area (TPSA) is 93.5 Å². The lowest BCUT2D eigenvalue weighted by molar-refractivity contribution is 0.00849. The first kappa shape index (κ1) is 16.4. The monoisotopic (exact) mass is 322 g/mol. The highest BCUT2D eigenvalue weighted by Crippen LogP contribution is 2.25. The van der Waals surface area contributed by atoms with Crippen LogP contribution in [-0.2, 0) is 9.47 Å². The number of amides is 1. The molecule has 2 aliphatic heterocycles. The summed E-state index contributed by atoms with van der Waals surface area (Å²) in [5.74, 6) is -0.106. The highest BCUT2D eigenvalue weighted by atomic mass is 16.5. The van der Waals surface area contributed by atoms with E-state index in [9.17, 15) is 4.79 Å². The molecule has 0 bridgehead atoms. The van der Waals surface area contributed by atoms with Crippen LogP contribution in [0.2, 0.25) is 0 Å². The van der Waals surface area contributed by atoms with Crippen LogP contribution in [0.1, 0.15) is 47.8 Å². The third kappa shape index (κ3) is 4.53. The van der Waals surface area contributed by atoms with Gasteiger partial charge in [0, 0.05) is 31.3 Å². The summed E-state index contributed by atoms with van der Waals surface area (Å²) in [6, 6.07) is 1.78. The van der Waals surface area contributed by atoms with E-state index < -0.39 is 5.91 Å². The summed E-state index contributed by atoms with van der Waals surface area (Å²) in [5, 5.41) is 6.94. The maximum atomic E-state index is 11.1. The number of aromatic nitrogens is 2. The zero-order chi connectivity index (χ0) is 16.1. The minimum atomic E-state index is -0.484. The number of nitrogens with one attached hydrogen (secondary N) is 1. The van der Waals surface area contributed by atoms with Crippen molar-refractivity contribution in [2.75, 3.05) is 39.5 Å². The van der Waals surface area contributed by atoms with Gasteiger partial charge in [0.15, 0.2) is 0 Å². The molecule has 0 saturated carbocycles. The van der Waals surface area contributed by atoms with Crippen molar-refractivity contribution in [1.82, 2.24) is 15.1 Å². The van der Waals surface area contributed by atoms with Gasteiger partial charge in [0.1, 0.15) is 5.69 Å². The Bertz CT molecular complexity index is 513. The van der Waals surface area contributed by atoms with Crippen molar-refractivity contribution in [3.63, 3.8) is 0 Å². The number of H-pyrrole nitrogens is 1. The van der Waals surface area contributed by atoms with Crippen LogP contribution in [0, 0.1) is 0 Å². The molecule has 7 heteroatoms. The van der Waals surface area contributed by atoms with Crippen molar-refractivity contribution in [3.05, 3.63) is 17.5 Å². The van der Waals surface area contributed by atoms with E-state index in [2.05, 4.69) is 15.1 Å². The smallest absolute Gasteiger partial charge is 0.269 e. The van der Waals surface area contributed by atoms with Gasteiger partial charge >= 0.3 is 0 Å². The molecule has 2 saturated heterocycles. The van der Waals surface area contributed by atoms with Crippen LogP contribution in [0.25, 0.3) is 0 Å². The molecule has 23 heavy (non-hydrogen) atoms. The van der Waals surface area contributed by atoms with E-state index in [0.717, 1.165) is 64.2 Å². The molecule has 3 N–H and O–H groups in total. The number of ether oxygens (including phenoxy) is 2. The Labute approximate surface area is 136 Å². The van der Waals surface area contributed by atoms with Gasteiger partial charge in [-0.1, -0.05) is 0 Å². The van der Waals surface area contributed by atoms with Crippen molar-refractivity contribution >= 4 is 5.91 Å². The average Bonchev–Trinajstić information content (AvgIpc) is 3.23. The van der Waals surface area contributed by atoms with Crippen LogP contribution in [-0.4, -0.2) is 66.6 Å². The molecule has 7 nitrogen and oxygen atoms in total. The van der Waals surface area contributed by atoms with Crippen LogP contribution in [0.4, 0.5) is 0 Å². The van der Waals surface area contributed by atoms with Gasteiger partial charge in [-0.15, -0.1) is 0 Å². The number of aromatic amines is 1. The van der Waals surface area contributed by atoms with Crippen molar-refractivity contribution in [1.29, 1.82) is 0 Å². The van der Waals surface area contributed by atoms with Gasteiger partial charge in [-0.05, 0) is 38.3 Å². The summed E-state index contributed by atoms with van der Waals surface area (Å²) in [5.41, 5.74) is 6.58. The number of hydrogen-bond donors (Lipinski definition) is 2. The van der Waals surface area contributed by atoms with E-state index in [1.807, 2.05) is 0 Å². The largest absolute Gasteiger partial charge is 0.377 e. The molecule has 1 amide bonds. The zero-order valence-electron chi connectivity index (χ0n) is 13.5. The summed E-state index contributed by atoms with van der Waals surface area (Å²) in [7, 11) is 0. The summed E-state index contributed by atoms with van der Waals surface area (Å²) in [6.07, 6.45) is 4.81. The first-order chi connectivity index (χ1) is 11.2. The minimum Gasteiger partial charge on any atom is -0.377 e. The van der Waals surface area contributed by atoms with Crippen molar-refractivity contribution < 1.29 is 14.3 Å². The Hall–Kier alpha value is -1.44. The van der Waals surface area contributed by atoms with Crippen molar-refractivity contribution in [2.24, 2.45) is 5.73 Å². The second-order valence-corrected chi connectivity index (χ2v) is 6.42. The molecule has 2 fully saturated rings. The summed E-state index contributed by atoms with van der Waals surface area (Å²) >= 11 is 0. The van der Waals surface area contributed by atoms with Crippen molar-refractivity contribution in [3.8, 4) is 0 Å². The number of nitrogens with two attached hydrogens (primary N) is 1. The SMILES string of the molecule is NC(=O)c1cc([C@@H]2CCCN(CCOC[C@H]3CCCO3)C2)[nH]n1. The molecule has 0 spiro atoms. The zero-order valence-corrected chi connectivity index (χ0v) is 13.5. The number of likely N-dealkylation sites (tertiary alicyclic amines) is 1. The first-order valence-corrected chi connectivity index (χ1v) is 8.49. The van der Waals surface area contributed by atoms with Crippen LogP contribution in [0.5, 0.6) is 0 Å². The predicted octanol–water partition coefficient (Wildman–Crippen LogP) is 0.884. The fourth-order valence-corrected chi connectivity index (χ4v) is 3.37. The molecule has 1 aromatic rings. The average molecular weight is 322 g/mol. The second-order valence-electron chi connectivity index (χ2n) is 6.42. The van der Waals surface area contributed by atoms with E-state index in [4.69, 9.17) is 15.2 Å². The lowest BCUT2D eigenvalue weighted by Gasteiger charge is -2.32. The van der Waals surface area contributed by atoms with E-state index in [1.165, 1.54) is 0 Å². The van der Waals surface area contributed by atoms with Crippen LogP contribution in [0.3, 0.4) is 0 Å². The number of rotatable bonds is 7. The molecule has 0 aromatic carbocycles. The fourth-order valence-electron chi connectivity index (χ4n) is 3.37. The van der Waals surface area contributed by atoms with Gasteiger partial charge in [0.25, 0.3) is 5.91 Å². The first-order valence-electron chi connectivity index (χ1n) is 8.49. The third-order valence-corrected chi connectivity index (χ3v) is 4.68. The number of piperidine rings is 1. The Morgan fingerprint density at radius 1 is 1.48 bits per heavy atom.